The van der Waals surface area contributed by atoms with Gasteiger partial charge < -0.3 is 9.16 Å². The monoisotopic (exact) mass is 270 g/mol. The average Bonchev–Trinajstić information content (AvgIpc) is 2.46. The van der Waals surface area contributed by atoms with Crippen LogP contribution in [-0.4, -0.2) is 22.4 Å². The quantitative estimate of drug-likeness (QED) is 0.405. The van der Waals surface area contributed by atoms with E-state index in [-0.39, 0.29) is 0 Å². The molecule has 0 aromatic rings. The van der Waals surface area contributed by atoms with Gasteiger partial charge in [-0.25, -0.2) is 0 Å². The van der Waals surface area contributed by atoms with E-state index in [4.69, 9.17) is 9.16 Å². The van der Waals surface area contributed by atoms with Gasteiger partial charge in [0.1, 0.15) is 6.79 Å². The van der Waals surface area contributed by atoms with Crippen molar-refractivity contribution in [1.29, 1.82) is 0 Å². The lowest BCUT2D eigenvalue weighted by Gasteiger charge is -2.36. The van der Waals surface area contributed by atoms with Crippen molar-refractivity contribution in [3.63, 3.8) is 0 Å². The van der Waals surface area contributed by atoms with Crippen LogP contribution in [0.2, 0.25) is 11.1 Å². The molecule has 0 aromatic carbocycles. The molecule has 2 aliphatic rings. The Labute approximate surface area is 114 Å². The molecule has 2 aliphatic carbocycles. The highest BCUT2D eigenvalue weighted by molar-refractivity contribution is 6.55. The van der Waals surface area contributed by atoms with Crippen LogP contribution in [0.4, 0.5) is 0 Å². The van der Waals surface area contributed by atoms with Crippen molar-refractivity contribution < 1.29 is 9.16 Å². The van der Waals surface area contributed by atoms with Gasteiger partial charge in [0.15, 0.2) is 9.04 Å². The van der Waals surface area contributed by atoms with E-state index in [2.05, 4.69) is 6.92 Å². The molecule has 0 aromatic heterocycles. The zero-order chi connectivity index (χ0) is 12.6. The van der Waals surface area contributed by atoms with Gasteiger partial charge in [0, 0.05) is 6.61 Å². The van der Waals surface area contributed by atoms with Gasteiger partial charge in [-0.05, 0) is 18.0 Å². The highest BCUT2D eigenvalue weighted by Crippen LogP contribution is 2.41. The zero-order valence-corrected chi connectivity index (χ0v) is 13.2. The molecule has 18 heavy (non-hydrogen) atoms. The molecule has 0 aliphatic heterocycles. The molecule has 0 N–H and O–H groups in total. The molecule has 0 atom stereocenters. The summed E-state index contributed by atoms with van der Waals surface area (Å²) in [5.74, 6) is 0. The lowest BCUT2D eigenvalue weighted by Crippen LogP contribution is -2.34. The standard InChI is InChI=1S/C15H30O2Si/c1-2-16-13-17-18(14-9-5-3-6-10-14)15-11-7-4-8-12-15/h14-15,18H,2-13H2,1H3. The Balaban J connectivity index is 1.87. The second kappa shape index (κ2) is 8.34. The fraction of sp³-hybridized carbons (Fsp3) is 1.00. The topological polar surface area (TPSA) is 18.5 Å². The first-order chi connectivity index (χ1) is 8.92. The number of ether oxygens (including phenoxy) is 1. The minimum Gasteiger partial charge on any atom is -0.397 e. The highest BCUT2D eigenvalue weighted by Gasteiger charge is 2.34. The van der Waals surface area contributed by atoms with Gasteiger partial charge in [0.2, 0.25) is 0 Å². The molecule has 0 saturated heterocycles. The number of rotatable bonds is 6. The van der Waals surface area contributed by atoms with Crippen LogP contribution in [-0.2, 0) is 9.16 Å². The predicted octanol–water partition coefficient (Wildman–Crippen LogP) is 4.39. The zero-order valence-electron chi connectivity index (χ0n) is 12.0. The van der Waals surface area contributed by atoms with Crippen LogP contribution in [0.1, 0.15) is 71.1 Å². The fourth-order valence-corrected chi connectivity index (χ4v) is 7.62. The third kappa shape index (κ3) is 4.36. The summed E-state index contributed by atoms with van der Waals surface area (Å²) in [5.41, 5.74) is 1.89. The molecule has 2 saturated carbocycles. The first kappa shape index (κ1) is 14.5. The van der Waals surface area contributed by atoms with Crippen molar-refractivity contribution >= 4 is 9.04 Å². The second-order valence-corrected chi connectivity index (χ2v) is 9.19. The maximum atomic E-state index is 6.28. The molecule has 2 fully saturated rings. The summed E-state index contributed by atoms with van der Waals surface area (Å²) in [6, 6.07) is 0. The van der Waals surface area contributed by atoms with Gasteiger partial charge in [-0.1, -0.05) is 64.2 Å². The van der Waals surface area contributed by atoms with Crippen molar-refractivity contribution in [3.8, 4) is 0 Å². The van der Waals surface area contributed by atoms with Gasteiger partial charge in [-0.3, -0.25) is 0 Å². The summed E-state index contributed by atoms with van der Waals surface area (Å²) in [6.45, 7) is 3.41. The summed E-state index contributed by atoms with van der Waals surface area (Å²) in [5, 5.41) is 0. The third-order valence-electron chi connectivity index (χ3n) is 4.78. The second-order valence-electron chi connectivity index (χ2n) is 6.04. The number of hydrogen-bond donors (Lipinski definition) is 0. The Morgan fingerprint density at radius 2 is 1.33 bits per heavy atom. The summed E-state index contributed by atoms with van der Waals surface area (Å²) in [7, 11) is -1.05. The summed E-state index contributed by atoms with van der Waals surface area (Å²) in [6.07, 6.45) is 14.5. The lowest BCUT2D eigenvalue weighted by atomic mass is 9.99. The van der Waals surface area contributed by atoms with Crippen molar-refractivity contribution in [2.45, 2.75) is 82.2 Å². The normalized spacial score (nSPS) is 23.7. The fourth-order valence-electron chi connectivity index (χ4n) is 3.79. The third-order valence-corrected chi connectivity index (χ3v) is 8.49. The van der Waals surface area contributed by atoms with Crippen LogP contribution in [0.3, 0.4) is 0 Å². The smallest absolute Gasteiger partial charge is 0.186 e. The Kier molecular flexibility index (Phi) is 6.74. The SMILES string of the molecule is CCOCO[SiH](C1CCCCC1)C1CCCCC1. The van der Waals surface area contributed by atoms with E-state index in [1.54, 1.807) is 0 Å². The summed E-state index contributed by atoms with van der Waals surface area (Å²) < 4.78 is 11.7. The molecular weight excluding hydrogens is 240 g/mol. The van der Waals surface area contributed by atoms with Crippen LogP contribution >= 0.6 is 0 Å². The van der Waals surface area contributed by atoms with Gasteiger partial charge in [0.25, 0.3) is 0 Å². The minimum atomic E-state index is -1.05. The van der Waals surface area contributed by atoms with E-state index >= 15 is 0 Å². The van der Waals surface area contributed by atoms with Gasteiger partial charge in [-0.2, -0.15) is 0 Å². The first-order valence-corrected chi connectivity index (χ1v) is 9.91. The van der Waals surface area contributed by atoms with Crippen molar-refractivity contribution in [3.05, 3.63) is 0 Å². The minimum absolute atomic E-state index is 0.570. The molecule has 0 amide bonds. The molecule has 0 unspecified atom stereocenters. The van der Waals surface area contributed by atoms with Gasteiger partial charge in [0.05, 0.1) is 0 Å². The van der Waals surface area contributed by atoms with E-state index in [0.29, 0.717) is 6.79 Å². The molecule has 2 rings (SSSR count). The van der Waals surface area contributed by atoms with Crippen LogP contribution in [0, 0.1) is 0 Å². The molecule has 0 radical (unpaired) electrons. The average molecular weight is 270 g/mol. The number of hydrogen-bond acceptors (Lipinski definition) is 2. The van der Waals surface area contributed by atoms with E-state index in [1.165, 1.54) is 64.2 Å². The Hall–Kier alpha value is 0.137. The van der Waals surface area contributed by atoms with Gasteiger partial charge >= 0.3 is 0 Å². The van der Waals surface area contributed by atoms with Crippen molar-refractivity contribution in [2.75, 3.05) is 13.4 Å². The maximum absolute atomic E-state index is 6.28. The van der Waals surface area contributed by atoms with Gasteiger partial charge in [-0.15, -0.1) is 0 Å². The highest BCUT2D eigenvalue weighted by atomic mass is 28.3. The van der Waals surface area contributed by atoms with Crippen molar-refractivity contribution in [1.82, 2.24) is 0 Å². The van der Waals surface area contributed by atoms with Crippen LogP contribution in [0.5, 0.6) is 0 Å². The molecule has 2 nitrogen and oxygen atoms in total. The molecule has 106 valence electrons. The summed E-state index contributed by atoms with van der Waals surface area (Å²) >= 11 is 0. The van der Waals surface area contributed by atoms with Crippen molar-refractivity contribution in [2.24, 2.45) is 0 Å². The molecule has 0 bridgehead atoms. The molecule has 3 heteroatoms. The maximum Gasteiger partial charge on any atom is 0.186 e. The van der Waals surface area contributed by atoms with E-state index in [1.807, 2.05) is 0 Å². The molecular formula is C15H30O2Si. The molecule has 0 spiro atoms. The first-order valence-electron chi connectivity index (χ1n) is 8.11. The largest absolute Gasteiger partial charge is 0.397 e. The Bertz CT molecular complexity index is 193. The van der Waals surface area contributed by atoms with Crippen LogP contribution in [0.25, 0.3) is 0 Å². The van der Waals surface area contributed by atoms with E-state index in [0.717, 1.165) is 17.7 Å². The predicted molar refractivity (Wildman–Crippen MR) is 78.4 cm³/mol. The van der Waals surface area contributed by atoms with Crippen LogP contribution in [0.15, 0.2) is 0 Å². The van der Waals surface area contributed by atoms with E-state index < -0.39 is 9.04 Å². The summed E-state index contributed by atoms with van der Waals surface area (Å²) in [4.78, 5) is 0. The Morgan fingerprint density at radius 3 is 1.78 bits per heavy atom. The molecule has 0 heterocycles. The lowest BCUT2D eigenvalue weighted by molar-refractivity contribution is 0.0161. The Morgan fingerprint density at radius 1 is 0.833 bits per heavy atom. The van der Waals surface area contributed by atoms with Crippen LogP contribution < -0.4 is 0 Å². The van der Waals surface area contributed by atoms with E-state index in [9.17, 15) is 0 Å².